The highest BCUT2D eigenvalue weighted by Gasteiger charge is 2.35. The molecule has 0 radical (unpaired) electrons. The Labute approximate surface area is 238 Å². The number of hydrogen-bond donors (Lipinski definition) is 4. The number of alkyl halides is 2. The molecule has 1 aliphatic heterocycles. The van der Waals surface area contributed by atoms with Gasteiger partial charge in [0.2, 0.25) is 5.95 Å². The highest BCUT2D eigenvalue weighted by molar-refractivity contribution is 6.36. The van der Waals surface area contributed by atoms with Crippen LogP contribution in [0.2, 0.25) is 5.02 Å². The van der Waals surface area contributed by atoms with Crippen molar-refractivity contribution >= 4 is 46.5 Å². The van der Waals surface area contributed by atoms with Gasteiger partial charge in [0.1, 0.15) is 6.07 Å². The summed E-state index contributed by atoms with van der Waals surface area (Å²) in [6, 6.07) is 6.35. The molecular formula is C25H26ClF2N11O2. The van der Waals surface area contributed by atoms with Crippen LogP contribution in [-0.4, -0.2) is 86.9 Å². The van der Waals surface area contributed by atoms with Gasteiger partial charge >= 0.3 is 6.09 Å². The van der Waals surface area contributed by atoms with Gasteiger partial charge in [0.05, 0.1) is 46.8 Å². The summed E-state index contributed by atoms with van der Waals surface area (Å²) in [6.45, 7) is -0.0690. The van der Waals surface area contributed by atoms with E-state index in [1.54, 1.807) is 6.07 Å². The molecule has 1 amide bonds. The van der Waals surface area contributed by atoms with Crippen molar-refractivity contribution in [3.05, 3.63) is 34.6 Å². The Balaban J connectivity index is 1.47. The van der Waals surface area contributed by atoms with E-state index in [0.717, 1.165) is 17.7 Å². The summed E-state index contributed by atoms with van der Waals surface area (Å²) in [6.07, 6.45) is -0.0686. The smallest absolute Gasteiger partial charge is 0.407 e. The number of rotatable bonds is 9. The van der Waals surface area contributed by atoms with Gasteiger partial charge in [0.25, 0.3) is 6.43 Å². The van der Waals surface area contributed by atoms with Crippen LogP contribution in [0.4, 0.5) is 36.7 Å². The zero-order valence-corrected chi connectivity index (χ0v) is 22.6. The minimum absolute atomic E-state index is 0.108. The zero-order chi connectivity index (χ0) is 29.3. The van der Waals surface area contributed by atoms with E-state index in [4.69, 9.17) is 11.6 Å². The van der Waals surface area contributed by atoms with Gasteiger partial charge in [-0.05, 0) is 31.4 Å². The fourth-order valence-electron chi connectivity index (χ4n) is 4.85. The number of carboxylic acid groups (broad SMARTS) is 1. The lowest BCUT2D eigenvalue weighted by atomic mass is 9.97. The maximum absolute atomic E-state index is 13.0. The highest BCUT2D eigenvalue weighted by atomic mass is 35.5. The van der Waals surface area contributed by atoms with E-state index >= 15 is 0 Å². The molecule has 2 fully saturated rings. The molecule has 214 valence electrons. The molecule has 13 nitrogen and oxygen atoms in total. The molecule has 0 bridgehead atoms. The number of carbonyl (C=O) groups is 1. The zero-order valence-electron chi connectivity index (χ0n) is 21.9. The number of piperidine rings is 1. The van der Waals surface area contributed by atoms with Gasteiger partial charge in [-0.2, -0.15) is 20.0 Å². The van der Waals surface area contributed by atoms with Crippen LogP contribution >= 0.6 is 11.6 Å². The van der Waals surface area contributed by atoms with Crippen LogP contribution in [0.15, 0.2) is 18.3 Å². The third kappa shape index (κ3) is 6.01. The van der Waals surface area contributed by atoms with Crippen LogP contribution in [0.5, 0.6) is 0 Å². The minimum atomic E-state index is -2.61. The fourth-order valence-corrected chi connectivity index (χ4v) is 5.12. The van der Waals surface area contributed by atoms with Crippen molar-refractivity contribution in [1.82, 2.24) is 29.8 Å². The molecule has 4 N–H and O–H groups in total. The second kappa shape index (κ2) is 11.6. The van der Waals surface area contributed by atoms with Crippen LogP contribution in [0.1, 0.15) is 30.5 Å². The molecular weight excluding hydrogens is 560 g/mol. The lowest BCUT2D eigenvalue weighted by Crippen LogP contribution is -2.60. The topological polar surface area (TPSA) is 171 Å². The quantitative estimate of drug-likeness (QED) is 0.290. The van der Waals surface area contributed by atoms with Crippen molar-refractivity contribution in [3.8, 4) is 12.1 Å². The summed E-state index contributed by atoms with van der Waals surface area (Å²) in [5.74, 6) is 0.549. The van der Waals surface area contributed by atoms with Crippen LogP contribution < -0.4 is 20.9 Å². The van der Waals surface area contributed by atoms with Crippen LogP contribution in [0.3, 0.4) is 0 Å². The summed E-state index contributed by atoms with van der Waals surface area (Å²) in [4.78, 5) is 23.4. The number of aromatic nitrogens is 4. The standard InChI is InChI=1S/C25H26ClF2N11O2/c1-37(25(40)41)18-4-5-38(12-17(18)31-11-20(27)28)19-7-13(8-29)6-16(21(19)26)34-24-35-22(33-14-2-3-14)23-32-10-15(9-30)39(23)36-24/h6-7,10,14,17-18,20,31H,2-5,11-12H2,1H3,(H,40,41)(H2,33,34,35,36)/t17-,18-/m0/s1. The minimum Gasteiger partial charge on any atom is -0.465 e. The monoisotopic (exact) mass is 585 g/mol. The van der Waals surface area contributed by atoms with Gasteiger partial charge in [0, 0.05) is 32.2 Å². The molecule has 2 atom stereocenters. The number of fused-ring (bicyclic) bond motifs is 1. The van der Waals surface area contributed by atoms with Gasteiger partial charge in [-0.3, -0.25) is 0 Å². The van der Waals surface area contributed by atoms with E-state index in [1.165, 1.54) is 23.8 Å². The Kier molecular flexibility index (Phi) is 7.92. The largest absolute Gasteiger partial charge is 0.465 e. The maximum Gasteiger partial charge on any atom is 0.407 e. The van der Waals surface area contributed by atoms with Gasteiger partial charge in [-0.25, -0.2) is 18.6 Å². The number of anilines is 4. The average molecular weight is 586 g/mol. The van der Waals surface area contributed by atoms with E-state index in [1.807, 2.05) is 11.0 Å². The van der Waals surface area contributed by atoms with Crippen molar-refractivity contribution in [2.75, 3.05) is 42.2 Å². The predicted octanol–water partition coefficient (Wildman–Crippen LogP) is 3.25. The number of nitriles is 2. The summed E-state index contributed by atoms with van der Waals surface area (Å²) in [5, 5.41) is 42.5. The molecule has 2 aliphatic rings. The molecule has 1 saturated heterocycles. The Morgan fingerprint density at radius 1 is 1.29 bits per heavy atom. The van der Waals surface area contributed by atoms with Crippen LogP contribution in [0.25, 0.3) is 5.65 Å². The number of likely N-dealkylation sites (N-methyl/N-ethyl adjacent to an activating group) is 1. The molecule has 2 aromatic heterocycles. The Morgan fingerprint density at radius 3 is 2.73 bits per heavy atom. The number of nitrogens with zero attached hydrogens (tertiary/aromatic N) is 8. The van der Waals surface area contributed by atoms with Crippen molar-refractivity contribution in [2.45, 2.75) is 43.8 Å². The number of nitrogens with one attached hydrogen (secondary N) is 3. The van der Waals surface area contributed by atoms with Crippen LogP contribution in [-0.2, 0) is 0 Å². The second-order valence-electron chi connectivity index (χ2n) is 9.89. The molecule has 16 heteroatoms. The lowest BCUT2D eigenvalue weighted by Gasteiger charge is -2.43. The summed E-state index contributed by atoms with van der Waals surface area (Å²) in [5.41, 5.74) is 1.65. The van der Waals surface area contributed by atoms with Gasteiger partial charge in [0.15, 0.2) is 17.2 Å². The van der Waals surface area contributed by atoms with Crippen molar-refractivity contribution in [3.63, 3.8) is 0 Å². The normalized spacial score (nSPS) is 18.7. The predicted molar refractivity (Wildman–Crippen MR) is 146 cm³/mol. The fraction of sp³-hybridized carbons (Fsp3) is 0.440. The number of hydrogen-bond acceptors (Lipinski definition) is 10. The van der Waals surface area contributed by atoms with Crippen molar-refractivity contribution in [1.29, 1.82) is 10.5 Å². The van der Waals surface area contributed by atoms with E-state index in [-0.39, 0.29) is 34.8 Å². The average Bonchev–Trinajstić information content (AvgIpc) is 3.68. The lowest BCUT2D eigenvalue weighted by molar-refractivity contribution is 0.105. The number of halogens is 3. The van der Waals surface area contributed by atoms with Gasteiger partial charge in [-0.15, -0.1) is 5.10 Å². The Hall–Kier alpha value is -4.47. The van der Waals surface area contributed by atoms with Gasteiger partial charge in [-0.1, -0.05) is 11.6 Å². The third-order valence-electron chi connectivity index (χ3n) is 7.07. The molecule has 5 rings (SSSR count). The van der Waals surface area contributed by atoms with Crippen molar-refractivity contribution < 1.29 is 18.7 Å². The first-order valence-electron chi connectivity index (χ1n) is 12.8. The van der Waals surface area contributed by atoms with E-state index in [2.05, 4.69) is 37.1 Å². The highest BCUT2D eigenvalue weighted by Crippen LogP contribution is 2.38. The number of benzene rings is 1. The van der Waals surface area contributed by atoms with E-state index in [9.17, 15) is 29.2 Å². The first-order chi connectivity index (χ1) is 19.7. The second-order valence-corrected chi connectivity index (χ2v) is 10.3. The van der Waals surface area contributed by atoms with E-state index in [0.29, 0.717) is 35.8 Å². The first-order valence-corrected chi connectivity index (χ1v) is 13.2. The first kappa shape index (κ1) is 28.1. The summed E-state index contributed by atoms with van der Waals surface area (Å²) in [7, 11) is 1.41. The van der Waals surface area contributed by atoms with Gasteiger partial charge < -0.3 is 30.9 Å². The maximum atomic E-state index is 13.0. The molecule has 1 aliphatic carbocycles. The molecule has 0 spiro atoms. The molecule has 3 aromatic rings. The molecule has 41 heavy (non-hydrogen) atoms. The van der Waals surface area contributed by atoms with Crippen LogP contribution in [0, 0.1) is 22.7 Å². The van der Waals surface area contributed by atoms with E-state index < -0.39 is 31.1 Å². The molecule has 3 heterocycles. The Morgan fingerprint density at radius 2 is 2.07 bits per heavy atom. The summed E-state index contributed by atoms with van der Waals surface area (Å²) >= 11 is 6.83. The molecule has 0 unspecified atom stereocenters. The Bertz CT molecular complexity index is 1550. The third-order valence-corrected chi connectivity index (χ3v) is 7.47. The molecule has 1 saturated carbocycles. The summed E-state index contributed by atoms with van der Waals surface area (Å²) < 4.78 is 27.4. The van der Waals surface area contributed by atoms with Crippen molar-refractivity contribution in [2.24, 2.45) is 0 Å². The SMILES string of the molecule is CN(C(=O)O)[C@H]1CCN(c2cc(C#N)cc(Nc3nc(NC4CC4)c4ncc(C#N)n4n3)c2Cl)C[C@@H]1NCC(F)F. The molecule has 1 aromatic carbocycles. The number of amides is 1. The number of imidazole rings is 1.